The van der Waals surface area contributed by atoms with Crippen molar-refractivity contribution in [1.29, 1.82) is 0 Å². The maximum Gasteiger partial charge on any atom is 0.343 e. The lowest BCUT2D eigenvalue weighted by Crippen LogP contribution is -2.13. The van der Waals surface area contributed by atoms with Crippen LogP contribution < -0.4 is 10.2 Å². The van der Waals surface area contributed by atoms with Crippen LogP contribution in [0.1, 0.15) is 42.5 Å². The van der Waals surface area contributed by atoms with Crippen molar-refractivity contribution in [2.24, 2.45) is 0 Å². The largest absolute Gasteiger partial charge is 0.460 e. The normalized spacial score (nSPS) is 11.5. The van der Waals surface area contributed by atoms with Gasteiger partial charge in [0.2, 0.25) is 5.43 Å². The number of halogens is 1. The minimum Gasteiger partial charge on any atom is -0.460 e. The third-order valence-corrected chi connectivity index (χ3v) is 5.62. The van der Waals surface area contributed by atoms with Gasteiger partial charge in [0, 0.05) is 11.1 Å². The average Bonchev–Trinajstić information content (AvgIpc) is 2.74. The molecule has 0 fully saturated rings. The summed E-state index contributed by atoms with van der Waals surface area (Å²) in [5, 5.41) is 1.01. The van der Waals surface area contributed by atoms with Gasteiger partial charge in [0.05, 0.1) is 16.5 Å². The summed E-state index contributed by atoms with van der Waals surface area (Å²) >= 11 is 5.96. The minimum atomic E-state index is -0.471. The van der Waals surface area contributed by atoms with Crippen LogP contribution >= 0.6 is 11.6 Å². The molecule has 0 spiro atoms. The topological polar surface area (TPSA) is 56.5 Å². The molecule has 0 radical (unpaired) electrons. The number of benzene rings is 3. The lowest BCUT2D eigenvalue weighted by molar-refractivity contribution is 0.0735. The summed E-state index contributed by atoms with van der Waals surface area (Å²) in [6, 6.07) is 19.2. The molecule has 162 valence electrons. The molecular weight excluding hydrogens is 424 g/mol. The van der Waals surface area contributed by atoms with E-state index in [9.17, 15) is 9.59 Å². The van der Waals surface area contributed by atoms with Crippen molar-refractivity contribution in [3.05, 3.63) is 98.9 Å². The second-order valence-corrected chi connectivity index (χ2v) is 9.18. The average molecular weight is 447 g/mol. The number of rotatable bonds is 3. The van der Waals surface area contributed by atoms with Gasteiger partial charge in [-0.1, -0.05) is 56.6 Å². The van der Waals surface area contributed by atoms with Gasteiger partial charge < -0.3 is 9.15 Å². The highest BCUT2D eigenvalue weighted by Gasteiger charge is 2.17. The van der Waals surface area contributed by atoms with Crippen LogP contribution in [-0.2, 0) is 5.41 Å². The van der Waals surface area contributed by atoms with Gasteiger partial charge >= 0.3 is 5.97 Å². The summed E-state index contributed by atoms with van der Waals surface area (Å²) in [6.45, 7) is 8.08. The molecule has 0 amide bonds. The first-order valence-corrected chi connectivity index (χ1v) is 10.7. The summed E-state index contributed by atoms with van der Waals surface area (Å²) in [5.41, 5.74) is 3.01. The molecule has 5 heteroatoms. The highest BCUT2D eigenvalue weighted by atomic mass is 35.5. The van der Waals surface area contributed by atoms with Crippen LogP contribution in [0.3, 0.4) is 0 Å². The third kappa shape index (κ3) is 4.32. The molecule has 32 heavy (non-hydrogen) atoms. The maximum atomic E-state index is 13.1. The van der Waals surface area contributed by atoms with Crippen molar-refractivity contribution in [3.8, 4) is 16.9 Å². The predicted molar refractivity (Wildman–Crippen MR) is 128 cm³/mol. The lowest BCUT2D eigenvalue weighted by atomic mass is 9.87. The van der Waals surface area contributed by atoms with E-state index in [0.717, 1.165) is 11.1 Å². The zero-order valence-corrected chi connectivity index (χ0v) is 19.1. The Bertz CT molecular complexity index is 1360. The van der Waals surface area contributed by atoms with E-state index in [4.69, 9.17) is 20.8 Å². The number of carbonyl (C=O) groups excluding carboxylic acids is 1. The van der Waals surface area contributed by atoms with E-state index in [1.54, 1.807) is 61.5 Å². The summed E-state index contributed by atoms with van der Waals surface area (Å²) in [4.78, 5) is 25.7. The minimum absolute atomic E-state index is 0.00104. The van der Waals surface area contributed by atoms with Crippen LogP contribution in [0.15, 0.2) is 75.9 Å². The quantitative estimate of drug-likeness (QED) is 0.252. The molecule has 1 heterocycles. The molecule has 0 saturated heterocycles. The van der Waals surface area contributed by atoms with E-state index in [1.165, 1.54) is 0 Å². The van der Waals surface area contributed by atoms with Crippen molar-refractivity contribution in [1.82, 2.24) is 0 Å². The predicted octanol–water partition coefficient (Wildman–Crippen LogP) is 6.94. The third-order valence-electron chi connectivity index (χ3n) is 5.37. The molecule has 0 unspecified atom stereocenters. The molecule has 1 aromatic heterocycles. The number of aryl methyl sites for hydroxylation is 1. The molecule has 0 bridgehead atoms. The number of fused-ring (bicyclic) bond motifs is 1. The van der Waals surface area contributed by atoms with Crippen LogP contribution in [0.2, 0.25) is 5.02 Å². The summed E-state index contributed by atoms with van der Waals surface area (Å²) in [7, 11) is 0. The fourth-order valence-corrected chi connectivity index (χ4v) is 3.70. The first-order valence-electron chi connectivity index (χ1n) is 10.3. The lowest BCUT2D eigenvalue weighted by Gasteiger charge is -2.18. The highest BCUT2D eigenvalue weighted by molar-refractivity contribution is 6.30. The SMILES string of the molecule is Cc1oc2cc(OC(=O)c3ccc(C(C)(C)C)cc3)ccc2c(=O)c1-c1ccc(Cl)cc1. The summed E-state index contributed by atoms with van der Waals surface area (Å²) < 4.78 is 11.4. The first-order chi connectivity index (χ1) is 15.1. The van der Waals surface area contributed by atoms with Crippen LogP contribution in [-0.4, -0.2) is 5.97 Å². The van der Waals surface area contributed by atoms with E-state index in [2.05, 4.69) is 20.8 Å². The van der Waals surface area contributed by atoms with Crippen molar-refractivity contribution in [2.45, 2.75) is 33.1 Å². The van der Waals surface area contributed by atoms with E-state index >= 15 is 0 Å². The van der Waals surface area contributed by atoms with Gasteiger partial charge in [-0.25, -0.2) is 4.79 Å². The molecule has 0 aliphatic rings. The van der Waals surface area contributed by atoms with Gasteiger partial charge in [-0.2, -0.15) is 0 Å². The number of hydrogen-bond acceptors (Lipinski definition) is 4. The van der Waals surface area contributed by atoms with Crippen molar-refractivity contribution in [2.75, 3.05) is 0 Å². The van der Waals surface area contributed by atoms with E-state index < -0.39 is 5.97 Å². The molecular formula is C27H23ClO4. The number of hydrogen-bond donors (Lipinski definition) is 0. The molecule has 4 nitrogen and oxygen atoms in total. The highest BCUT2D eigenvalue weighted by Crippen LogP contribution is 2.28. The Labute approximate surface area is 191 Å². The van der Waals surface area contributed by atoms with Crippen molar-refractivity contribution >= 4 is 28.5 Å². The molecule has 0 aliphatic heterocycles. The summed E-state index contributed by atoms with van der Waals surface area (Å²) in [5.74, 6) is 0.317. The van der Waals surface area contributed by atoms with Crippen LogP contribution in [0.25, 0.3) is 22.1 Å². The fraction of sp³-hybridized carbons (Fsp3) is 0.185. The van der Waals surface area contributed by atoms with Gasteiger partial charge in [0.15, 0.2) is 0 Å². The molecule has 4 aromatic rings. The molecule has 4 rings (SSSR count). The Kier molecular flexibility index (Phi) is 5.66. The maximum absolute atomic E-state index is 13.1. The Balaban J connectivity index is 1.64. The fourth-order valence-electron chi connectivity index (χ4n) is 3.57. The Morgan fingerprint density at radius 3 is 2.22 bits per heavy atom. The Morgan fingerprint density at radius 1 is 0.938 bits per heavy atom. The molecule has 0 N–H and O–H groups in total. The van der Waals surface area contributed by atoms with Crippen LogP contribution in [0.5, 0.6) is 5.75 Å². The molecule has 0 atom stereocenters. The van der Waals surface area contributed by atoms with Gasteiger partial charge in [0.1, 0.15) is 17.1 Å². The molecule has 0 aliphatic carbocycles. The van der Waals surface area contributed by atoms with Gasteiger partial charge in [-0.05, 0) is 59.9 Å². The number of esters is 1. The number of ether oxygens (including phenoxy) is 1. The van der Waals surface area contributed by atoms with Crippen LogP contribution in [0.4, 0.5) is 0 Å². The summed E-state index contributed by atoms with van der Waals surface area (Å²) in [6.07, 6.45) is 0. The molecule has 3 aromatic carbocycles. The van der Waals surface area contributed by atoms with Gasteiger partial charge in [-0.3, -0.25) is 4.79 Å². The Hall–Kier alpha value is -3.37. The zero-order chi connectivity index (χ0) is 23.0. The number of carbonyl (C=O) groups is 1. The van der Waals surface area contributed by atoms with E-state index in [0.29, 0.717) is 38.6 Å². The Morgan fingerprint density at radius 2 is 1.59 bits per heavy atom. The molecule has 0 saturated carbocycles. The smallest absolute Gasteiger partial charge is 0.343 e. The first kappa shape index (κ1) is 21.8. The van der Waals surface area contributed by atoms with Gasteiger partial charge in [0.25, 0.3) is 0 Å². The van der Waals surface area contributed by atoms with Crippen LogP contribution in [0, 0.1) is 6.92 Å². The van der Waals surface area contributed by atoms with Crippen molar-refractivity contribution in [3.63, 3.8) is 0 Å². The standard InChI is InChI=1S/C27H23ClO4/c1-16-24(17-7-11-20(28)12-8-17)25(29)22-14-13-21(15-23(22)31-16)32-26(30)18-5-9-19(10-6-18)27(2,3)4/h5-15H,1-4H3. The zero-order valence-electron chi connectivity index (χ0n) is 18.4. The van der Waals surface area contributed by atoms with E-state index in [1.807, 2.05) is 12.1 Å². The second-order valence-electron chi connectivity index (χ2n) is 8.74. The van der Waals surface area contributed by atoms with Gasteiger partial charge in [-0.15, -0.1) is 0 Å². The van der Waals surface area contributed by atoms with E-state index in [-0.39, 0.29) is 10.8 Å². The van der Waals surface area contributed by atoms with Crippen molar-refractivity contribution < 1.29 is 13.9 Å². The monoisotopic (exact) mass is 446 g/mol. The second kappa shape index (κ2) is 8.29.